The van der Waals surface area contributed by atoms with Crippen molar-refractivity contribution in [1.82, 2.24) is 0 Å². The first-order valence-corrected chi connectivity index (χ1v) is 7.93. The lowest BCUT2D eigenvalue weighted by molar-refractivity contribution is -0.880. The molecule has 1 aromatic rings. The summed E-state index contributed by atoms with van der Waals surface area (Å²) in [5, 5.41) is 11.3. The molecule has 2 aliphatic heterocycles. The van der Waals surface area contributed by atoms with Gasteiger partial charge in [-0.25, -0.2) is 4.39 Å². The smallest absolute Gasteiger partial charge is 0.295 e. The Bertz CT molecular complexity index is 584. The van der Waals surface area contributed by atoms with Gasteiger partial charge in [-0.2, -0.15) is 0 Å². The van der Waals surface area contributed by atoms with E-state index in [1.807, 2.05) is 9.80 Å². The lowest BCUT2D eigenvalue weighted by atomic mass is 10.1. The summed E-state index contributed by atoms with van der Waals surface area (Å²) in [6.07, 6.45) is 0. The molecule has 7 nitrogen and oxygen atoms in total. The highest BCUT2D eigenvalue weighted by Crippen LogP contribution is 2.35. The molecule has 2 fully saturated rings. The van der Waals surface area contributed by atoms with Crippen molar-refractivity contribution in [1.29, 1.82) is 0 Å². The Balaban J connectivity index is 1.96. The van der Waals surface area contributed by atoms with Gasteiger partial charge >= 0.3 is 0 Å². The van der Waals surface area contributed by atoms with Gasteiger partial charge in [-0.1, -0.05) is 0 Å². The van der Waals surface area contributed by atoms with Crippen LogP contribution in [0.5, 0.6) is 0 Å². The molecule has 0 bridgehead atoms. The molecule has 2 saturated heterocycles. The first-order chi connectivity index (χ1) is 11.1. The van der Waals surface area contributed by atoms with Crippen molar-refractivity contribution in [2.45, 2.75) is 0 Å². The van der Waals surface area contributed by atoms with E-state index >= 15 is 0 Å². The van der Waals surface area contributed by atoms with E-state index in [-0.39, 0.29) is 5.69 Å². The van der Waals surface area contributed by atoms with E-state index in [1.54, 1.807) is 6.07 Å². The summed E-state index contributed by atoms with van der Waals surface area (Å²) in [6.45, 7) is 5.60. The third-order valence-corrected chi connectivity index (χ3v) is 4.55. The van der Waals surface area contributed by atoms with Crippen LogP contribution in [-0.4, -0.2) is 64.5 Å². The quantitative estimate of drug-likeness (QED) is 0.621. The van der Waals surface area contributed by atoms with Gasteiger partial charge in [0.25, 0.3) is 5.69 Å². The number of morpholine rings is 1. The maximum absolute atomic E-state index is 14.4. The Labute approximate surface area is 134 Å². The van der Waals surface area contributed by atoms with Crippen LogP contribution >= 0.6 is 0 Å². The van der Waals surface area contributed by atoms with Crippen LogP contribution in [0.2, 0.25) is 0 Å². The minimum absolute atomic E-state index is 0.154. The fourth-order valence-corrected chi connectivity index (χ4v) is 3.12. The second kappa shape index (κ2) is 6.67. The molecular formula is C15H22FN4O3+. The molecule has 0 radical (unpaired) electrons. The number of nitrogens with zero attached hydrogens (tertiary/aromatic N) is 3. The predicted molar refractivity (Wildman–Crippen MR) is 84.9 cm³/mol. The highest BCUT2D eigenvalue weighted by atomic mass is 19.1. The van der Waals surface area contributed by atoms with Crippen LogP contribution in [0, 0.1) is 15.9 Å². The Morgan fingerprint density at radius 2 is 1.74 bits per heavy atom. The molecule has 23 heavy (non-hydrogen) atoms. The number of hydrogen-bond donors (Lipinski definition) is 1. The van der Waals surface area contributed by atoms with E-state index in [2.05, 4.69) is 7.05 Å². The van der Waals surface area contributed by atoms with Gasteiger partial charge in [0.1, 0.15) is 5.69 Å². The standard InChI is InChI=1S/C15H21FN4O3/c1-17-2-4-18(5-3-17)14-11-13(19-6-8-23-9-7-19)12(16)10-15(14)20(21)22/h10-11H,2-9H2,1H3/p+1. The molecule has 126 valence electrons. The molecule has 1 aromatic carbocycles. The zero-order valence-electron chi connectivity index (χ0n) is 13.3. The Hall–Kier alpha value is -1.93. The molecule has 0 aliphatic carbocycles. The van der Waals surface area contributed by atoms with Crippen LogP contribution in [0.1, 0.15) is 0 Å². The molecule has 0 amide bonds. The third kappa shape index (κ3) is 3.37. The number of nitro groups is 1. The van der Waals surface area contributed by atoms with Crippen molar-refractivity contribution in [2.24, 2.45) is 0 Å². The number of anilines is 2. The predicted octanol–water partition coefficient (Wildman–Crippen LogP) is -0.0948. The number of piperazine rings is 1. The topological polar surface area (TPSA) is 63.3 Å². The Kier molecular flexibility index (Phi) is 4.63. The van der Waals surface area contributed by atoms with Gasteiger partial charge in [0, 0.05) is 13.1 Å². The summed E-state index contributed by atoms with van der Waals surface area (Å²) >= 11 is 0. The number of nitrogens with one attached hydrogen (secondary N) is 1. The fourth-order valence-electron chi connectivity index (χ4n) is 3.12. The van der Waals surface area contributed by atoms with Crippen molar-refractivity contribution in [3.05, 3.63) is 28.1 Å². The number of hydrogen-bond acceptors (Lipinski definition) is 5. The number of quaternary nitrogens is 1. The van der Waals surface area contributed by atoms with Crippen LogP contribution in [0.3, 0.4) is 0 Å². The first kappa shape index (κ1) is 15.9. The molecule has 0 spiro atoms. The van der Waals surface area contributed by atoms with Crippen LogP contribution < -0.4 is 14.7 Å². The SMILES string of the molecule is C[NH+]1CCN(c2cc(N3CCOCC3)c(F)cc2[N+](=O)[O-])CC1. The van der Waals surface area contributed by atoms with Crippen molar-refractivity contribution in [3.8, 4) is 0 Å². The summed E-state index contributed by atoms with van der Waals surface area (Å²) < 4.78 is 19.7. The molecule has 1 N–H and O–H groups in total. The number of nitro benzene ring substituents is 1. The number of benzene rings is 1. The molecule has 0 atom stereocenters. The monoisotopic (exact) mass is 325 g/mol. The van der Waals surface area contributed by atoms with E-state index in [0.29, 0.717) is 37.7 Å². The molecular weight excluding hydrogens is 303 g/mol. The summed E-state index contributed by atoms with van der Waals surface area (Å²) in [6, 6.07) is 2.70. The van der Waals surface area contributed by atoms with Gasteiger partial charge in [-0.15, -0.1) is 0 Å². The van der Waals surface area contributed by atoms with Crippen molar-refractivity contribution in [3.63, 3.8) is 0 Å². The maximum atomic E-state index is 14.4. The third-order valence-electron chi connectivity index (χ3n) is 4.55. The number of rotatable bonds is 3. The maximum Gasteiger partial charge on any atom is 0.295 e. The van der Waals surface area contributed by atoms with Crippen molar-refractivity contribution in [2.75, 3.05) is 69.3 Å². The molecule has 3 rings (SSSR count). The van der Waals surface area contributed by atoms with Gasteiger partial charge in [-0.05, 0) is 6.07 Å². The van der Waals surface area contributed by atoms with E-state index < -0.39 is 10.7 Å². The number of halogens is 1. The van der Waals surface area contributed by atoms with Crippen molar-refractivity contribution >= 4 is 17.1 Å². The summed E-state index contributed by atoms with van der Waals surface area (Å²) in [5.41, 5.74) is 0.796. The lowest BCUT2D eigenvalue weighted by Gasteiger charge is -2.33. The average molecular weight is 325 g/mol. The van der Waals surface area contributed by atoms with Crippen LogP contribution in [0.15, 0.2) is 12.1 Å². The molecule has 0 aromatic heterocycles. The molecule has 8 heteroatoms. The van der Waals surface area contributed by atoms with Gasteiger partial charge in [0.15, 0.2) is 5.82 Å². The Morgan fingerprint density at radius 1 is 1.13 bits per heavy atom. The van der Waals surface area contributed by atoms with E-state index in [0.717, 1.165) is 32.2 Å². The summed E-state index contributed by atoms with van der Waals surface area (Å²) in [5.74, 6) is -0.540. The zero-order valence-corrected chi connectivity index (χ0v) is 13.3. The highest BCUT2D eigenvalue weighted by molar-refractivity contribution is 5.71. The average Bonchev–Trinajstić information content (AvgIpc) is 2.56. The minimum atomic E-state index is -0.540. The largest absolute Gasteiger partial charge is 0.378 e. The van der Waals surface area contributed by atoms with E-state index in [4.69, 9.17) is 4.74 Å². The zero-order chi connectivity index (χ0) is 16.4. The lowest BCUT2D eigenvalue weighted by Crippen LogP contribution is -3.12. The summed E-state index contributed by atoms with van der Waals surface area (Å²) in [4.78, 5) is 16.1. The Morgan fingerprint density at radius 3 is 2.35 bits per heavy atom. The molecule has 0 unspecified atom stereocenters. The molecule has 0 saturated carbocycles. The van der Waals surface area contributed by atoms with Gasteiger partial charge < -0.3 is 19.4 Å². The second-order valence-electron chi connectivity index (χ2n) is 6.09. The second-order valence-corrected chi connectivity index (χ2v) is 6.09. The van der Waals surface area contributed by atoms with Crippen LogP contribution in [-0.2, 0) is 4.74 Å². The van der Waals surface area contributed by atoms with Crippen LogP contribution in [0.4, 0.5) is 21.5 Å². The first-order valence-electron chi connectivity index (χ1n) is 7.93. The van der Waals surface area contributed by atoms with Gasteiger partial charge in [0.05, 0.1) is 63.1 Å². The highest BCUT2D eigenvalue weighted by Gasteiger charge is 2.28. The summed E-state index contributed by atoms with van der Waals surface area (Å²) in [7, 11) is 2.11. The molecule has 2 aliphatic rings. The van der Waals surface area contributed by atoms with E-state index in [9.17, 15) is 14.5 Å². The van der Waals surface area contributed by atoms with Gasteiger partial charge in [-0.3, -0.25) is 10.1 Å². The number of ether oxygens (including phenoxy) is 1. The molecule has 2 heterocycles. The normalized spacial score (nSPS) is 19.9. The fraction of sp³-hybridized carbons (Fsp3) is 0.600. The van der Waals surface area contributed by atoms with E-state index in [1.165, 1.54) is 4.90 Å². The van der Waals surface area contributed by atoms with Crippen LogP contribution in [0.25, 0.3) is 0 Å². The van der Waals surface area contributed by atoms with Gasteiger partial charge in [0.2, 0.25) is 0 Å². The number of likely N-dealkylation sites (N-methyl/N-ethyl adjacent to an activating group) is 1. The van der Waals surface area contributed by atoms with Crippen molar-refractivity contribution < 1.29 is 19.0 Å². The minimum Gasteiger partial charge on any atom is -0.378 e.